The number of hydrogen-bond donors (Lipinski definition) is 1. The predicted octanol–water partition coefficient (Wildman–Crippen LogP) is 0.850. The van der Waals surface area contributed by atoms with Gasteiger partial charge in [-0.05, 0) is 33.6 Å². The lowest BCUT2D eigenvalue weighted by atomic mass is 10.1. The van der Waals surface area contributed by atoms with E-state index in [0.717, 1.165) is 19.6 Å². The Balaban J connectivity index is 1.84. The molecule has 4 heteroatoms. The van der Waals surface area contributed by atoms with Crippen LogP contribution in [0.5, 0.6) is 0 Å². The van der Waals surface area contributed by atoms with Crippen molar-refractivity contribution < 1.29 is 4.79 Å². The van der Waals surface area contributed by atoms with E-state index in [1.807, 2.05) is 0 Å². The standard InChI is InChI=1S/C14H27N3O/c1-10(2)17-12-4-5-13(17)9-16(8-12)7-6-14(18)11(3)15/h10-13H,4-9,15H2,1-3H3. The topological polar surface area (TPSA) is 49.6 Å². The summed E-state index contributed by atoms with van der Waals surface area (Å²) in [5, 5.41) is 0. The van der Waals surface area contributed by atoms with Gasteiger partial charge in [0.2, 0.25) is 0 Å². The summed E-state index contributed by atoms with van der Waals surface area (Å²) in [6.45, 7) is 9.51. The molecule has 18 heavy (non-hydrogen) atoms. The van der Waals surface area contributed by atoms with E-state index in [2.05, 4.69) is 23.6 Å². The van der Waals surface area contributed by atoms with Crippen molar-refractivity contribution in [1.29, 1.82) is 0 Å². The quantitative estimate of drug-likeness (QED) is 0.789. The van der Waals surface area contributed by atoms with Gasteiger partial charge in [0.15, 0.2) is 5.78 Å². The molecule has 4 nitrogen and oxygen atoms in total. The predicted molar refractivity (Wildman–Crippen MR) is 73.5 cm³/mol. The summed E-state index contributed by atoms with van der Waals surface area (Å²) in [5.74, 6) is 0.189. The maximum Gasteiger partial charge on any atom is 0.150 e. The fourth-order valence-electron chi connectivity index (χ4n) is 3.54. The molecule has 2 bridgehead atoms. The van der Waals surface area contributed by atoms with E-state index in [0.29, 0.717) is 24.5 Å². The fraction of sp³-hybridized carbons (Fsp3) is 0.929. The number of Topliss-reactive ketones (excluding diaryl/α,β-unsaturated/α-hetero) is 1. The van der Waals surface area contributed by atoms with Crippen molar-refractivity contribution >= 4 is 5.78 Å². The first-order valence-corrected chi connectivity index (χ1v) is 7.27. The normalized spacial score (nSPS) is 30.9. The third kappa shape index (κ3) is 2.92. The Kier molecular flexibility index (Phi) is 4.41. The zero-order valence-electron chi connectivity index (χ0n) is 11.9. The van der Waals surface area contributed by atoms with E-state index in [1.54, 1.807) is 6.92 Å². The van der Waals surface area contributed by atoms with Crippen LogP contribution in [0.15, 0.2) is 0 Å². The average Bonchev–Trinajstić information content (AvgIpc) is 2.58. The highest BCUT2D eigenvalue weighted by Gasteiger charge is 2.40. The number of ketones is 1. The van der Waals surface area contributed by atoms with Gasteiger partial charge in [0.1, 0.15) is 0 Å². The second-order valence-corrected chi connectivity index (χ2v) is 6.19. The fourth-order valence-corrected chi connectivity index (χ4v) is 3.54. The summed E-state index contributed by atoms with van der Waals surface area (Å²) in [7, 11) is 0. The Hall–Kier alpha value is -0.450. The number of rotatable bonds is 5. The number of hydrogen-bond acceptors (Lipinski definition) is 4. The first kappa shape index (κ1) is 14.0. The van der Waals surface area contributed by atoms with E-state index < -0.39 is 0 Å². The molecule has 0 aromatic rings. The summed E-state index contributed by atoms with van der Waals surface area (Å²) < 4.78 is 0. The molecule has 0 aliphatic carbocycles. The van der Waals surface area contributed by atoms with Crippen LogP contribution in [0, 0.1) is 0 Å². The number of piperazine rings is 1. The van der Waals surface area contributed by atoms with Crippen LogP contribution in [0.25, 0.3) is 0 Å². The van der Waals surface area contributed by atoms with Crippen molar-refractivity contribution in [2.75, 3.05) is 19.6 Å². The molecule has 0 radical (unpaired) electrons. The van der Waals surface area contributed by atoms with Crippen molar-refractivity contribution in [3.8, 4) is 0 Å². The molecule has 2 N–H and O–H groups in total. The number of nitrogens with two attached hydrogens (primary N) is 1. The molecular weight excluding hydrogens is 226 g/mol. The van der Waals surface area contributed by atoms with Crippen molar-refractivity contribution in [3.05, 3.63) is 0 Å². The smallest absolute Gasteiger partial charge is 0.150 e. The Labute approximate surface area is 110 Å². The molecule has 2 fully saturated rings. The van der Waals surface area contributed by atoms with Gasteiger partial charge in [-0.15, -0.1) is 0 Å². The van der Waals surface area contributed by atoms with Crippen molar-refractivity contribution in [2.45, 2.75) is 64.2 Å². The Morgan fingerprint density at radius 2 is 1.78 bits per heavy atom. The van der Waals surface area contributed by atoms with Crippen LogP contribution in [-0.4, -0.2) is 59.4 Å². The van der Waals surface area contributed by atoms with Crippen LogP contribution in [0.1, 0.15) is 40.0 Å². The van der Waals surface area contributed by atoms with Crippen LogP contribution in [0.3, 0.4) is 0 Å². The van der Waals surface area contributed by atoms with Crippen LogP contribution in [0.2, 0.25) is 0 Å². The van der Waals surface area contributed by atoms with Crippen LogP contribution in [0.4, 0.5) is 0 Å². The molecule has 3 unspecified atom stereocenters. The number of carbonyl (C=O) groups is 1. The molecule has 0 aromatic heterocycles. The maximum atomic E-state index is 11.6. The van der Waals surface area contributed by atoms with Crippen LogP contribution >= 0.6 is 0 Å². The molecule has 0 spiro atoms. The number of likely N-dealkylation sites (tertiary alicyclic amines) is 1. The minimum atomic E-state index is -0.307. The third-order valence-corrected chi connectivity index (χ3v) is 4.39. The van der Waals surface area contributed by atoms with Gasteiger partial charge in [0, 0.05) is 44.2 Å². The SMILES string of the molecule is CC(N)C(=O)CCN1CC2CCC(C1)N2C(C)C. The van der Waals surface area contributed by atoms with Gasteiger partial charge < -0.3 is 5.73 Å². The molecule has 2 rings (SSSR count). The highest BCUT2D eigenvalue weighted by atomic mass is 16.1. The Morgan fingerprint density at radius 1 is 1.22 bits per heavy atom. The van der Waals surface area contributed by atoms with E-state index in [-0.39, 0.29) is 11.8 Å². The van der Waals surface area contributed by atoms with E-state index in [1.165, 1.54) is 12.8 Å². The summed E-state index contributed by atoms with van der Waals surface area (Å²) in [6, 6.07) is 1.75. The maximum absolute atomic E-state index is 11.6. The highest BCUT2D eigenvalue weighted by molar-refractivity contribution is 5.83. The molecule has 0 aromatic carbocycles. The summed E-state index contributed by atoms with van der Waals surface area (Å²) in [4.78, 5) is 16.7. The molecule has 2 heterocycles. The lowest BCUT2D eigenvalue weighted by Gasteiger charge is -2.43. The molecule has 2 aliphatic heterocycles. The lowest BCUT2D eigenvalue weighted by Crippen LogP contribution is -2.56. The number of carbonyl (C=O) groups excluding carboxylic acids is 1. The van der Waals surface area contributed by atoms with Gasteiger partial charge in [-0.1, -0.05) is 0 Å². The zero-order valence-corrected chi connectivity index (χ0v) is 11.9. The average molecular weight is 253 g/mol. The molecule has 2 aliphatic rings. The lowest BCUT2D eigenvalue weighted by molar-refractivity contribution is -0.120. The van der Waals surface area contributed by atoms with Gasteiger partial charge in [-0.25, -0.2) is 0 Å². The van der Waals surface area contributed by atoms with Gasteiger partial charge in [-0.2, -0.15) is 0 Å². The largest absolute Gasteiger partial charge is 0.322 e. The second-order valence-electron chi connectivity index (χ2n) is 6.19. The number of fused-ring (bicyclic) bond motifs is 2. The van der Waals surface area contributed by atoms with Gasteiger partial charge in [-0.3, -0.25) is 14.6 Å². The van der Waals surface area contributed by atoms with Crippen molar-refractivity contribution in [3.63, 3.8) is 0 Å². The Bertz CT molecular complexity index is 289. The van der Waals surface area contributed by atoms with Gasteiger partial charge in [0.25, 0.3) is 0 Å². The summed E-state index contributed by atoms with van der Waals surface area (Å²) >= 11 is 0. The van der Waals surface area contributed by atoms with Gasteiger partial charge >= 0.3 is 0 Å². The monoisotopic (exact) mass is 253 g/mol. The van der Waals surface area contributed by atoms with E-state index >= 15 is 0 Å². The first-order valence-electron chi connectivity index (χ1n) is 7.27. The van der Waals surface area contributed by atoms with Crippen molar-refractivity contribution in [1.82, 2.24) is 9.80 Å². The second kappa shape index (κ2) is 5.68. The zero-order chi connectivity index (χ0) is 13.3. The summed E-state index contributed by atoms with van der Waals surface area (Å²) in [6.07, 6.45) is 3.25. The minimum absolute atomic E-state index is 0.189. The van der Waals surface area contributed by atoms with E-state index in [4.69, 9.17) is 5.73 Å². The molecule has 3 atom stereocenters. The highest BCUT2D eigenvalue weighted by Crippen LogP contribution is 2.31. The van der Waals surface area contributed by atoms with Crippen LogP contribution < -0.4 is 5.73 Å². The van der Waals surface area contributed by atoms with Crippen molar-refractivity contribution in [2.24, 2.45) is 5.73 Å². The molecule has 0 saturated carbocycles. The molecular formula is C14H27N3O. The van der Waals surface area contributed by atoms with Crippen LogP contribution in [-0.2, 0) is 4.79 Å². The molecule has 0 amide bonds. The van der Waals surface area contributed by atoms with E-state index in [9.17, 15) is 4.79 Å². The summed E-state index contributed by atoms with van der Waals surface area (Å²) in [5.41, 5.74) is 5.60. The molecule has 104 valence electrons. The minimum Gasteiger partial charge on any atom is -0.322 e. The number of nitrogens with zero attached hydrogens (tertiary/aromatic N) is 2. The third-order valence-electron chi connectivity index (χ3n) is 4.39. The van der Waals surface area contributed by atoms with Gasteiger partial charge in [0.05, 0.1) is 6.04 Å². The molecule has 2 saturated heterocycles. The Morgan fingerprint density at radius 3 is 2.22 bits per heavy atom. The first-order chi connectivity index (χ1) is 8.49.